The van der Waals surface area contributed by atoms with Gasteiger partial charge in [0.1, 0.15) is 11.6 Å². The van der Waals surface area contributed by atoms with E-state index in [1.165, 1.54) is 18.2 Å². The molecule has 0 spiro atoms. The molecule has 6 nitrogen and oxygen atoms in total. The van der Waals surface area contributed by atoms with Crippen LogP contribution in [0.3, 0.4) is 0 Å². The van der Waals surface area contributed by atoms with Crippen LogP contribution in [-0.4, -0.2) is 27.8 Å². The molecule has 4 rings (SSSR count). The van der Waals surface area contributed by atoms with Crippen LogP contribution in [-0.2, 0) is 5.75 Å². The van der Waals surface area contributed by atoms with Gasteiger partial charge in [-0.15, -0.1) is 10.2 Å². The van der Waals surface area contributed by atoms with Crippen LogP contribution in [0.1, 0.15) is 40.3 Å². The van der Waals surface area contributed by atoms with Crippen molar-refractivity contribution in [3.63, 3.8) is 0 Å². The predicted octanol–water partition coefficient (Wildman–Crippen LogP) is 5.51. The van der Waals surface area contributed by atoms with Crippen LogP contribution in [0.2, 0.25) is 0 Å². The third-order valence-corrected chi connectivity index (χ3v) is 6.27. The van der Waals surface area contributed by atoms with Gasteiger partial charge in [0.2, 0.25) is 0 Å². The highest BCUT2D eigenvalue weighted by molar-refractivity contribution is 7.98. The normalized spacial score (nSPS) is 11.8. The fourth-order valence-corrected chi connectivity index (χ4v) is 4.38. The number of hydrogen-bond donors (Lipinski definition) is 1. The molecule has 1 N–H and O–H groups in total. The van der Waals surface area contributed by atoms with Crippen LogP contribution >= 0.6 is 11.8 Å². The first-order chi connectivity index (χ1) is 16.4. The van der Waals surface area contributed by atoms with Crippen molar-refractivity contribution in [1.82, 2.24) is 20.1 Å². The number of thioether (sulfide) groups is 1. The maximum absolute atomic E-state index is 13.6. The number of carbonyl (C=O) groups excluding carboxylic acids is 1. The Balaban J connectivity index is 1.62. The van der Waals surface area contributed by atoms with Crippen molar-refractivity contribution in [2.24, 2.45) is 0 Å². The molecule has 0 aliphatic carbocycles. The van der Waals surface area contributed by atoms with Gasteiger partial charge in [-0.3, -0.25) is 9.36 Å². The minimum atomic E-state index is -0.462. The molecule has 0 bridgehead atoms. The largest absolute Gasteiger partial charge is 0.497 e. The molecule has 1 amide bonds. The fourth-order valence-electron chi connectivity index (χ4n) is 3.48. The van der Waals surface area contributed by atoms with Crippen LogP contribution < -0.4 is 10.1 Å². The lowest BCUT2D eigenvalue weighted by molar-refractivity contribution is 0.0937. The van der Waals surface area contributed by atoms with Crippen molar-refractivity contribution in [3.05, 3.63) is 101 Å². The van der Waals surface area contributed by atoms with Crippen LogP contribution in [0.15, 0.2) is 78.0 Å². The van der Waals surface area contributed by atoms with Crippen molar-refractivity contribution in [1.29, 1.82) is 0 Å². The first kappa shape index (κ1) is 23.5. The Labute approximate surface area is 202 Å². The average Bonchev–Trinajstić information content (AvgIpc) is 3.27. The molecule has 0 aliphatic rings. The lowest BCUT2D eigenvalue weighted by Gasteiger charge is -2.16. The molecule has 174 valence electrons. The van der Waals surface area contributed by atoms with E-state index < -0.39 is 11.9 Å². The molecule has 0 fully saturated rings. The zero-order valence-electron chi connectivity index (χ0n) is 19.2. The monoisotopic (exact) mass is 476 g/mol. The number of nitrogens with one attached hydrogen (secondary N) is 1. The van der Waals surface area contributed by atoms with E-state index >= 15 is 0 Å². The minimum absolute atomic E-state index is 0.251. The van der Waals surface area contributed by atoms with Gasteiger partial charge in [-0.2, -0.15) is 0 Å². The quantitative estimate of drug-likeness (QED) is 0.340. The number of methoxy groups -OCH3 is 1. The SMILES string of the molecule is COc1cccc(CSc2nnc(C(C)NC(=O)c3cccc(F)c3)n2-c2ccc(C)cc2)c1. The topological polar surface area (TPSA) is 69.0 Å². The summed E-state index contributed by atoms with van der Waals surface area (Å²) in [5.74, 6) is 1.22. The van der Waals surface area contributed by atoms with Gasteiger partial charge in [0.05, 0.1) is 13.2 Å². The lowest BCUT2D eigenvalue weighted by Crippen LogP contribution is -2.28. The summed E-state index contributed by atoms with van der Waals surface area (Å²) in [7, 11) is 1.64. The summed E-state index contributed by atoms with van der Waals surface area (Å²) in [4.78, 5) is 12.7. The fraction of sp³-hybridized carbons (Fsp3) is 0.192. The number of carbonyl (C=O) groups is 1. The Hall–Kier alpha value is -3.65. The Bertz CT molecular complexity index is 1290. The van der Waals surface area contributed by atoms with Gasteiger partial charge in [-0.25, -0.2) is 4.39 Å². The molecular formula is C26H25FN4O2S. The first-order valence-corrected chi connectivity index (χ1v) is 11.8. The lowest BCUT2D eigenvalue weighted by atomic mass is 10.2. The summed E-state index contributed by atoms with van der Waals surface area (Å²) in [6.07, 6.45) is 0. The maximum atomic E-state index is 13.6. The summed E-state index contributed by atoms with van der Waals surface area (Å²) in [5.41, 5.74) is 3.37. The second-order valence-electron chi connectivity index (χ2n) is 7.86. The molecule has 34 heavy (non-hydrogen) atoms. The van der Waals surface area contributed by atoms with Gasteiger partial charge >= 0.3 is 0 Å². The van der Waals surface area contributed by atoms with Crippen molar-refractivity contribution >= 4 is 17.7 Å². The molecule has 1 heterocycles. The molecular weight excluding hydrogens is 451 g/mol. The van der Waals surface area contributed by atoms with Crippen molar-refractivity contribution in [3.8, 4) is 11.4 Å². The van der Waals surface area contributed by atoms with Crippen LogP contribution in [0.5, 0.6) is 5.75 Å². The molecule has 1 unspecified atom stereocenters. The Morgan fingerprint density at radius 1 is 1.09 bits per heavy atom. The Morgan fingerprint density at radius 2 is 1.85 bits per heavy atom. The zero-order valence-corrected chi connectivity index (χ0v) is 20.0. The summed E-state index contributed by atoms with van der Waals surface area (Å²) in [6, 6.07) is 21.1. The molecule has 0 aliphatic heterocycles. The number of rotatable bonds is 8. The van der Waals surface area contributed by atoms with Gasteiger partial charge in [0.15, 0.2) is 11.0 Å². The van der Waals surface area contributed by atoms with Crippen molar-refractivity contribution in [2.45, 2.75) is 30.8 Å². The van der Waals surface area contributed by atoms with E-state index in [4.69, 9.17) is 4.74 Å². The number of halogens is 1. The van der Waals surface area contributed by atoms with Gasteiger partial charge in [-0.1, -0.05) is 47.7 Å². The number of hydrogen-bond acceptors (Lipinski definition) is 5. The summed E-state index contributed by atoms with van der Waals surface area (Å²) in [6.45, 7) is 3.86. The summed E-state index contributed by atoms with van der Waals surface area (Å²) >= 11 is 1.55. The first-order valence-electron chi connectivity index (χ1n) is 10.8. The molecule has 1 atom stereocenters. The highest BCUT2D eigenvalue weighted by atomic mass is 32.2. The van der Waals surface area contributed by atoms with E-state index in [2.05, 4.69) is 15.5 Å². The third-order valence-electron chi connectivity index (χ3n) is 5.27. The Morgan fingerprint density at radius 3 is 2.59 bits per heavy atom. The highest BCUT2D eigenvalue weighted by Crippen LogP contribution is 2.28. The smallest absolute Gasteiger partial charge is 0.251 e. The van der Waals surface area contributed by atoms with Crippen LogP contribution in [0.25, 0.3) is 5.69 Å². The Kier molecular flexibility index (Phi) is 7.27. The molecule has 0 saturated carbocycles. The van der Waals surface area contributed by atoms with Gasteiger partial charge in [0.25, 0.3) is 5.91 Å². The van der Waals surface area contributed by atoms with E-state index in [0.29, 0.717) is 16.7 Å². The van der Waals surface area contributed by atoms with Crippen LogP contribution in [0.4, 0.5) is 4.39 Å². The molecule has 1 aromatic heterocycles. The number of aromatic nitrogens is 3. The summed E-state index contributed by atoms with van der Waals surface area (Å²) < 4.78 is 20.8. The van der Waals surface area contributed by atoms with E-state index in [1.54, 1.807) is 24.9 Å². The minimum Gasteiger partial charge on any atom is -0.497 e. The van der Waals surface area contributed by atoms with Gasteiger partial charge in [0, 0.05) is 17.0 Å². The molecule has 3 aromatic carbocycles. The predicted molar refractivity (Wildman–Crippen MR) is 131 cm³/mol. The van der Waals surface area contributed by atoms with Crippen molar-refractivity contribution < 1.29 is 13.9 Å². The highest BCUT2D eigenvalue weighted by Gasteiger charge is 2.22. The zero-order chi connectivity index (χ0) is 24.1. The van der Waals surface area contributed by atoms with E-state index in [1.807, 2.05) is 66.9 Å². The van der Waals surface area contributed by atoms with Gasteiger partial charge in [-0.05, 0) is 61.9 Å². The number of ether oxygens (including phenoxy) is 1. The summed E-state index contributed by atoms with van der Waals surface area (Å²) in [5, 5.41) is 12.4. The maximum Gasteiger partial charge on any atom is 0.251 e. The second kappa shape index (κ2) is 10.5. The number of aryl methyl sites for hydroxylation is 1. The van der Waals surface area contributed by atoms with E-state index in [-0.39, 0.29) is 11.5 Å². The molecule has 4 aromatic rings. The molecule has 0 radical (unpaired) electrons. The number of benzene rings is 3. The number of nitrogens with zero attached hydrogens (tertiary/aromatic N) is 3. The molecule has 8 heteroatoms. The number of amides is 1. The third kappa shape index (κ3) is 5.46. The van der Waals surface area contributed by atoms with E-state index in [9.17, 15) is 9.18 Å². The average molecular weight is 477 g/mol. The van der Waals surface area contributed by atoms with Crippen LogP contribution in [0, 0.1) is 12.7 Å². The second-order valence-corrected chi connectivity index (χ2v) is 8.80. The molecule has 0 saturated heterocycles. The standard InChI is InChI=1S/C26H25FN4O2S/c1-17-10-12-22(13-11-17)31-24(18(2)28-25(32)20-7-5-8-21(27)15-20)29-30-26(31)34-16-19-6-4-9-23(14-19)33-3/h4-15,18H,16H2,1-3H3,(H,28,32). The van der Waals surface area contributed by atoms with Gasteiger partial charge < -0.3 is 10.1 Å². The van der Waals surface area contributed by atoms with Crippen molar-refractivity contribution in [2.75, 3.05) is 7.11 Å². The van der Waals surface area contributed by atoms with E-state index in [0.717, 1.165) is 22.6 Å².